The van der Waals surface area contributed by atoms with Crippen LogP contribution in [0.2, 0.25) is 0 Å². The summed E-state index contributed by atoms with van der Waals surface area (Å²) >= 11 is 0. The topological polar surface area (TPSA) is 72.5 Å². The van der Waals surface area contributed by atoms with Gasteiger partial charge in [-0.3, -0.25) is 4.79 Å². The highest BCUT2D eigenvalue weighted by Crippen LogP contribution is 2.19. The van der Waals surface area contributed by atoms with E-state index in [1.54, 1.807) is 0 Å². The molecule has 3 rings (SSSR count). The number of carbonyl (C=O) groups excluding carboxylic acids is 1. The van der Waals surface area contributed by atoms with Gasteiger partial charge in [-0.25, -0.2) is 13.1 Å². The van der Waals surface area contributed by atoms with E-state index in [0.717, 1.165) is 32.9 Å². The van der Waals surface area contributed by atoms with Crippen molar-refractivity contribution in [1.82, 2.24) is 4.72 Å². The molecule has 6 heteroatoms. The number of nitrogens with one attached hydrogen (secondary N) is 1. The van der Waals surface area contributed by atoms with Crippen molar-refractivity contribution in [3.8, 4) is 0 Å². The molecule has 0 aliphatic rings. The lowest BCUT2D eigenvalue weighted by molar-refractivity contribution is -0.143. The predicted octanol–water partition coefficient (Wildman–Crippen LogP) is 3.78. The van der Waals surface area contributed by atoms with Crippen molar-refractivity contribution in [3.63, 3.8) is 0 Å². The van der Waals surface area contributed by atoms with Crippen LogP contribution in [0, 0.1) is 6.92 Å². The minimum Gasteiger partial charge on any atom is -0.460 e. The van der Waals surface area contributed by atoms with Crippen LogP contribution in [0.3, 0.4) is 0 Å². The molecule has 0 amide bonds. The molecule has 5 nitrogen and oxygen atoms in total. The minimum atomic E-state index is -3.73. The van der Waals surface area contributed by atoms with Crippen molar-refractivity contribution in [2.75, 3.05) is 6.54 Å². The average molecular weight is 395 g/mol. The molecule has 0 bridgehead atoms. The fourth-order valence-electron chi connectivity index (χ4n) is 2.68. The Kier molecular flexibility index (Phi) is 6.23. The number of aryl methyl sites for hydroxylation is 1. The van der Waals surface area contributed by atoms with Crippen molar-refractivity contribution < 1.29 is 17.9 Å². The van der Waals surface area contributed by atoms with E-state index in [2.05, 4.69) is 4.72 Å². The molecule has 0 spiro atoms. The molecule has 0 atom stereocenters. The van der Waals surface area contributed by atoms with Gasteiger partial charge in [0.15, 0.2) is 0 Å². The third-order valence-electron chi connectivity index (χ3n) is 4.20. The van der Waals surface area contributed by atoms with Gasteiger partial charge in [-0.05, 0) is 34.9 Å². The molecule has 0 unspecified atom stereocenters. The van der Waals surface area contributed by atoms with Crippen molar-refractivity contribution in [2.24, 2.45) is 0 Å². The first-order valence-electron chi connectivity index (χ1n) is 8.80. The number of sulfonamides is 1. The van der Waals surface area contributed by atoms with E-state index in [1.165, 1.54) is 6.08 Å². The van der Waals surface area contributed by atoms with E-state index >= 15 is 0 Å². The third kappa shape index (κ3) is 5.52. The highest BCUT2D eigenvalue weighted by atomic mass is 32.2. The summed E-state index contributed by atoms with van der Waals surface area (Å²) in [4.78, 5) is 11.9. The minimum absolute atomic E-state index is 0.0844. The number of fused-ring (bicyclic) bond motifs is 1. The highest BCUT2D eigenvalue weighted by molar-refractivity contribution is 7.92. The van der Waals surface area contributed by atoms with Crippen LogP contribution >= 0.6 is 0 Å². The molecule has 0 saturated carbocycles. The summed E-state index contributed by atoms with van der Waals surface area (Å²) in [5.41, 5.74) is 2.72. The number of esters is 1. The van der Waals surface area contributed by atoms with Gasteiger partial charge in [0.05, 0.1) is 0 Å². The second kappa shape index (κ2) is 8.82. The van der Waals surface area contributed by atoms with Gasteiger partial charge >= 0.3 is 5.97 Å². The zero-order chi connectivity index (χ0) is 20.0. The van der Waals surface area contributed by atoms with Gasteiger partial charge < -0.3 is 4.74 Å². The molecule has 0 saturated heterocycles. The van der Waals surface area contributed by atoms with Crippen molar-refractivity contribution in [1.29, 1.82) is 0 Å². The van der Waals surface area contributed by atoms with Crippen LogP contribution < -0.4 is 4.72 Å². The van der Waals surface area contributed by atoms with E-state index in [9.17, 15) is 13.2 Å². The summed E-state index contributed by atoms with van der Waals surface area (Å²) < 4.78 is 31.5. The van der Waals surface area contributed by atoms with E-state index in [-0.39, 0.29) is 6.61 Å². The fourth-order valence-corrected chi connectivity index (χ4v) is 3.43. The Bertz CT molecular complexity index is 1100. The summed E-state index contributed by atoms with van der Waals surface area (Å²) in [7, 11) is -3.73. The van der Waals surface area contributed by atoms with Crippen LogP contribution in [-0.2, 0) is 26.2 Å². The Balaban J connectivity index is 1.54. The second-order valence-electron chi connectivity index (χ2n) is 6.38. The maximum atomic E-state index is 12.0. The molecule has 0 fully saturated rings. The number of benzene rings is 3. The van der Waals surface area contributed by atoms with Gasteiger partial charge in [0.25, 0.3) is 0 Å². The second-order valence-corrected chi connectivity index (χ2v) is 8.03. The Labute approximate surface area is 164 Å². The fraction of sp³-hybridized carbons (Fsp3) is 0.136. The highest BCUT2D eigenvalue weighted by Gasteiger charge is 2.11. The monoisotopic (exact) mass is 395 g/mol. The van der Waals surface area contributed by atoms with Crippen LogP contribution in [0.25, 0.3) is 16.8 Å². The lowest BCUT2D eigenvalue weighted by Gasteiger charge is -2.08. The van der Waals surface area contributed by atoms with Crippen LogP contribution in [0.5, 0.6) is 0 Å². The molecular formula is C22H21NO4S. The molecular weight excluding hydrogens is 374 g/mol. The molecule has 144 valence electrons. The molecule has 3 aromatic rings. The van der Waals surface area contributed by atoms with E-state index in [0.29, 0.717) is 0 Å². The van der Waals surface area contributed by atoms with Crippen LogP contribution in [0.4, 0.5) is 0 Å². The number of rotatable bonds is 7. The smallest absolute Gasteiger partial charge is 0.321 e. The van der Waals surface area contributed by atoms with E-state index in [1.807, 2.05) is 73.7 Å². The van der Waals surface area contributed by atoms with Crippen LogP contribution in [-0.4, -0.2) is 20.9 Å². The number of hydrogen-bond acceptors (Lipinski definition) is 4. The van der Waals surface area contributed by atoms with Gasteiger partial charge in [-0.2, -0.15) is 0 Å². The number of hydrogen-bond donors (Lipinski definition) is 1. The van der Waals surface area contributed by atoms with Crippen molar-refractivity contribution >= 4 is 32.8 Å². The summed E-state index contributed by atoms with van der Waals surface area (Å²) in [6, 6.07) is 21.0. The summed E-state index contributed by atoms with van der Waals surface area (Å²) in [6.07, 6.45) is 1.48. The quantitative estimate of drug-likeness (QED) is 0.618. The maximum Gasteiger partial charge on any atom is 0.321 e. The molecule has 28 heavy (non-hydrogen) atoms. The van der Waals surface area contributed by atoms with Crippen molar-refractivity contribution in [2.45, 2.75) is 13.5 Å². The summed E-state index contributed by atoms with van der Waals surface area (Å²) in [5.74, 6) is -0.639. The Morgan fingerprint density at radius 1 is 1.00 bits per heavy atom. The van der Waals surface area contributed by atoms with Gasteiger partial charge in [-0.15, -0.1) is 0 Å². The Morgan fingerprint density at radius 3 is 2.50 bits per heavy atom. The van der Waals surface area contributed by atoms with Crippen LogP contribution in [0.1, 0.15) is 16.7 Å². The third-order valence-corrected chi connectivity index (χ3v) is 5.24. The predicted molar refractivity (Wildman–Crippen MR) is 111 cm³/mol. The first-order valence-corrected chi connectivity index (χ1v) is 10.3. The molecule has 0 heterocycles. The van der Waals surface area contributed by atoms with Crippen LogP contribution in [0.15, 0.2) is 72.1 Å². The summed E-state index contributed by atoms with van der Waals surface area (Å²) in [6.45, 7) is 1.61. The largest absolute Gasteiger partial charge is 0.460 e. The molecule has 0 aromatic heterocycles. The van der Waals surface area contributed by atoms with Gasteiger partial charge in [0.2, 0.25) is 10.0 Å². The standard InChI is InChI=1S/C22H21NO4S/c1-17-9-11-18(12-10-17)13-14-28(25,26)23-15-22(24)27-16-20-7-4-6-19-5-2-3-8-21(19)20/h2-14,23H,15-16H2,1H3/b14-13+. The zero-order valence-corrected chi connectivity index (χ0v) is 16.3. The first kappa shape index (κ1) is 19.8. The van der Waals surface area contributed by atoms with Gasteiger partial charge in [0, 0.05) is 5.41 Å². The van der Waals surface area contributed by atoms with Gasteiger partial charge in [0.1, 0.15) is 13.2 Å². The lowest BCUT2D eigenvalue weighted by atomic mass is 10.1. The lowest BCUT2D eigenvalue weighted by Crippen LogP contribution is -2.29. The van der Waals surface area contributed by atoms with E-state index < -0.39 is 22.5 Å². The Hall–Kier alpha value is -2.96. The SMILES string of the molecule is Cc1ccc(/C=C/S(=O)(=O)NCC(=O)OCc2cccc3ccccc23)cc1. The Morgan fingerprint density at radius 2 is 1.71 bits per heavy atom. The normalized spacial score (nSPS) is 11.8. The molecule has 3 aromatic carbocycles. The molecule has 0 radical (unpaired) electrons. The van der Waals surface area contributed by atoms with E-state index in [4.69, 9.17) is 4.74 Å². The summed E-state index contributed by atoms with van der Waals surface area (Å²) in [5, 5.41) is 3.09. The first-order chi connectivity index (χ1) is 13.4. The molecule has 0 aliphatic heterocycles. The number of carbonyl (C=O) groups is 1. The maximum absolute atomic E-state index is 12.0. The number of ether oxygens (including phenoxy) is 1. The molecule has 1 N–H and O–H groups in total. The van der Waals surface area contributed by atoms with Crippen molar-refractivity contribution in [3.05, 3.63) is 88.8 Å². The average Bonchev–Trinajstić information content (AvgIpc) is 2.70. The molecule has 0 aliphatic carbocycles. The van der Waals surface area contributed by atoms with Gasteiger partial charge in [-0.1, -0.05) is 72.3 Å². The zero-order valence-electron chi connectivity index (χ0n) is 15.5.